The quantitative estimate of drug-likeness (QED) is 0.528. The van der Waals surface area contributed by atoms with E-state index < -0.39 is 0 Å². The second-order valence-electron chi connectivity index (χ2n) is 8.96. The number of carbonyl (C=O) groups is 1. The lowest BCUT2D eigenvalue weighted by molar-refractivity contribution is -0.115. The Morgan fingerprint density at radius 1 is 1.28 bits per heavy atom. The summed E-state index contributed by atoms with van der Waals surface area (Å²) in [6.45, 7) is 10.1. The Labute approximate surface area is 194 Å². The summed E-state index contributed by atoms with van der Waals surface area (Å²) in [5.74, 6) is 0.623. The van der Waals surface area contributed by atoms with E-state index in [0.29, 0.717) is 17.5 Å². The molecule has 3 aliphatic carbocycles. The molecule has 0 aromatic heterocycles. The van der Waals surface area contributed by atoms with E-state index in [2.05, 4.69) is 48.1 Å². The minimum absolute atomic E-state index is 0. The summed E-state index contributed by atoms with van der Waals surface area (Å²) in [6, 6.07) is 8.44. The molecule has 3 N–H and O–H groups in total. The maximum atomic E-state index is 13.0. The van der Waals surface area contributed by atoms with Crippen molar-refractivity contribution in [1.29, 1.82) is 0 Å². The molecule has 5 nitrogen and oxygen atoms in total. The van der Waals surface area contributed by atoms with Gasteiger partial charge in [0, 0.05) is 14.2 Å². The van der Waals surface area contributed by atoms with Gasteiger partial charge < -0.3 is 11.1 Å². The molecule has 0 saturated heterocycles. The third kappa shape index (κ3) is 5.76. The van der Waals surface area contributed by atoms with Crippen molar-refractivity contribution >= 4 is 17.3 Å². The van der Waals surface area contributed by atoms with E-state index >= 15 is 0 Å². The smallest absolute Gasteiger partial charge is 0.270 e. The maximum Gasteiger partial charge on any atom is 0.270 e. The van der Waals surface area contributed by atoms with Crippen molar-refractivity contribution < 1.29 is 6.22 Å². The van der Waals surface area contributed by atoms with Crippen LogP contribution in [0.25, 0.3) is 0 Å². The fraction of sp³-hybridized carbons (Fsp3) is 0.519. The van der Waals surface area contributed by atoms with Crippen LogP contribution in [0.3, 0.4) is 0 Å². The highest BCUT2D eigenvalue weighted by Gasteiger charge is 2.46. The molecule has 3 saturated carbocycles. The summed E-state index contributed by atoms with van der Waals surface area (Å²) in [5.41, 5.74) is 10.4. The fourth-order valence-corrected chi connectivity index (χ4v) is 4.01. The number of allylic oxidation sites excluding steroid dienone is 1. The molecule has 1 atom stereocenters. The molecule has 0 aliphatic heterocycles. The average molecular weight is 437 g/mol. The first-order valence-corrected chi connectivity index (χ1v) is 12.0. The second-order valence-corrected chi connectivity index (χ2v) is 8.96. The number of nitrogens with one attached hydrogen (secondary N) is 1. The van der Waals surface area contributed by atoms with E-state index in [1.165, 1.54) is 11.1 Å². The molecule has 4 rings (SSSR count). The van der Waals surface area contributed by atoms with Crippen LogP contribution in [0.5, 0.6) is 0 Å². The van der Waals surface area contributed by atoms with Crippen LogP contribution in [0.15, 0.2) is 58.7 Å². The van der Waals surface area contributed by atoms with Crippen LogP contribution >= 0.6 is 0 Å². The molecule has 0 heterocycles. The zero-order valence-corrected chi connectivity index (χ0v) is 20.0. The molecule has 1 aromatic rings. The molecule has 0 unspecified atom stereocenters. The second kappa shape index (κ2) is 10.3. The van der Waals surface area contributed by atoms with Crippen LogP contribution in [0.1, 0.15) is 64.9 Å². The van der Waals surface area contributed by atoms with Crippen LogP contribution in [-0.4, -0.2) is 30.4 Å². The molecule has 174 valence electrons. The van der Waals surface area contributed by atoms with Gasteiger partial charge in [0.1, 0.15) is 5.71 Å². The number of hydrogen-bond acceptors (Lipinski definition) is 4. The molecule has 1 aromatic carbocycles. The van der Waals surface area contributed by atoms with Crippen molar-refractivity contribution in [1.82, 2.24) is 5.32 Å². The fourth-order valence-electron chi connectivity index (χ4n) is 4.01. The third-order valence-corrected chi connectivity index (χ3v) is 6.36. The molecule has 3 aliphatic rings. The Morgan fingerprint density at radius 2 is 1.97 bits per heavy atom. The summed E-state index contributed by atoms with van der Waals surface area (Å²) in [7, 11) is 1.64. The summed E-state index contributed by atoms with van der Waals surface area (Å²) >= 11 is 0. The van der Waals surface area contributed by atoms with Gasteiger partial charge >= 0.3 is 0 Å². The first-order valence-electron chi connectivity index (χ1n) is 12.0. The van der Waals surface area contributed by atoms with Crippen LogP contribution in [0, 0.1) is 18.8 Å². The Hall–Kier alpha value is -2.69. The monoisotopic (exact) mass is 436 g/mol. The van der Waals surface area contributed by atoms with Crippen molar-refractivity contribution in [2.75, 3.05) is 7.05 Å². The number of carbonyl (C=O) groups excluding carboxylic acids is 1. The molecular weight excluding hydrogens is 396 g/mol. The zero-order chi connectivity index (χ0) is 23.3. The topological polar surface area (TPSA) is 79.8 Å². The number of nitrogens with two attached hydrogens (primary N) is 1. The number of benzene rings is 1. The summed E-state index contributed by atoms with van der Waals surface area (Å²) in [6.07, 6.45) is 9.98. The molecule has 32 heavy (non-hydrogen) atoms. The lowest BCUT2D eigenvalue weighted by Gasteiger charge is -2.22. The maximum absolute atomic E-state index is 13.0. The molecule has 0 radical (unpaired) electrons. The van der Waals surface area contributed by atoms with Gasteiger partial charge in [0.15, 0.2) is 0 Å². The predicted octanol–water partition coefficient (Wildman–Crippen LogP) is 5.10. The van der Waals surface area contributed by atoms with Crippen molar-refractivity contribution in [2.45, 2.75) is 70.9 Å². The average Bonchev–Trinajstić information content (AvgIpc) is 3.66. The van der Waals surface area contributed by atoms with Gasteiger partial charge in [0.2, 0.25) is 0 Å². The van der Waals surface area contributed by atoms with Crippen LogP contribution in [0.2, 0.25) is 0 Å². The molecule has 1 amide bonds. The van der Waals surface area contributed by atoms with Crippen molar-refractivity contribution in [2.24, 2.45) is 27.6 Å². The van der Waals surface area contributed by atoms with Crippen molar-refractivity contribution in [3.8, 4) is 0 Å². The van der Waals surface area contributed by atoms with Gasteiger partial charge in [-0.05, 0) is 75.0 Å². The molecular formula is C27H40N4O. The first-order chi connectivity index (χ1) is 15.5. The summed E-state index contributed by atoms with van der Waals surface area (Å²) in [5, 5.41) is 3.19. The van der Waals surface area contributed by atoms with E-state index in [0.717, 1.165) is 49.9 Å². The number of rotatable bonds is 9. The number of hydrogen-bond donors (Lipinski definition) is 2. The van der Waals surface area contributed by atoms with Gasteiger partial charge in [-0.25, -0.2) is 0 Å². The van der Waals surface area contributed by atoms with Crippen molar-refractivity contribution in [3.63, 3.8) is 0 Å². The van der Waals surface area contributed by atoms with Gasteiger partial charge in [-0.1, -0.05) is 50.3 Å². The number of nitrogens with zero attached hydrogens (tertiary/aromatic N) is 2. The molecule has 0 bridgehead atoms. The predicted molar refractivity (Wildman–Crippen MR) is 136 cm³/mol. The SMILES string of the molecule is C=CC(=NC1(c2cccc(C)c2)CC1)[C@H](NC(=O)C(/C=C(\N)C1CC1)=NC)C1CC1.CC.[HH]. The normalized spacial score (nSPS) is 21.2. The van der Waals surface area contributed by atoms with E-state index in [4.69, 9.17) is 10.7 Å². The van der Waals surface area contributed by atoms with E-state index in [-0.39, 0.29) is 18.9 Å². The largest absolute Gasteiger partial charge is 0.402 e. The number of amides is 1. The van der Waals surface area contributed by atoms with Gasteiger partial charge in [-0.2, -0.15) is 0 Å². The van der Waals surface area contributed by atoms with Gasteiger partial charge in [-0.3, -0.25) is 14.8 Å². The summed E-state index contributed by atoms with van der Waals surface area (Å²) in [4.78, 5) is 22.3. The van der Waals surface area contributed by atoms with E-state index in [1.807, 2.05) is 19.9 Å². The lowest BCUT2D eigenvalue weighted by Crippen LogP contribution is -2.45. The highest BCUT2D eigenvalue weighted by atomic mass is 16.2. The van der Waals surface area contributed by atoms with Crippen molar-refractivity contribution in [3.05, 3.63) is 59.8 Å². The standard InChI is InChI=1S/C25H32N4O.C2H6.H2/c1-4-21(29-25(12-13-25)19-7-5-6-16(2)14-19)23(18-10-11-18)28-24(30)22(27-3)15-20(26)17-8-9-17;1-2;/h4-7,14-15,17-18,23H,1,8-13,26H2,2-3H3,(H,28,30);1-2H3;1H/b20-15-,27-22?,29-21?;;/t23-;;/m1../s1. The Bertz CT molecular complexity index is 937. The zero-order valence-electron chi connectivity index (χ0n) is 20.0. The lowest BCUT2D eigenvalue weighted by atomic mass is 10.0. The minimum atomic E-state index is -0.187. The number of aliphatic imine (C=N–C) groups is 2. The summed E-state index contributed by atoms with van der Waals surface area (Å²) < 4.78 is 0. The molecule has 3 fully saturated rings. The minimum Gasteiger partial charge on any atom is -0.402 e. The number of aryl methyl sites for hydroxylation is 1. The van der Waals surface area contributed by atoms with Gasteiger partial charge in [0.25, 0.3) is 5.91 Å². The van der Waals surface area contributed by atoms with E-state index in [1.54, 1.807) is 13.1 Å². The molecule has 0 spiro atoms. The Balaban J connectivity index is 0.00000125. The molecule has 5 heteroatoms. The first kappa shape index (κ1) is 24.0. The van der Waals surface area contributed by atoms with Crippen LogP contribution < -0.4 is 11.1 Å². The Kier molecular flexibility index (Phi) is 7.70. The van der Waals surface area contributed by atoms with Gasteiger partial charge in [-0.15, -0.1) is 0 Å². The Morgan fingerprint density at radius 3 is 2.47 bits per heavy atom. The van der Waals surface area contributed by atoms with Crippen LogP contribution in [-0.2, 0) is 10.3 Å². The highest BCUT2D eigenvalue weighted by molar-refractivity contribution is 6.43. The van der Waals surface area contributed by atoms with Crippen LogP contribution in [0.4, 0.5) is 0 Å². The third-order valence-electron chi connectivity index (χ3n) is 6.36. The van der Waals surface area contributed by atoms with Gasteiger partial charge in [0.05, 0.1) is 17.3 Å². The highest BCUT2D eigenvalue weighted by Crippen LogP contribution is 2.50. The van der Waals surface area contributed by atoms with E-state index in [9.17, 15) is 4.79 Å².